The van der Waals surface area contributed by atoms with Crippen LogP contribution < -0.4 is 5.32 Å². The number of aryl methyl sites for hydroxylation is 2. The van der Waals surface area contributed by atoms with Gasteiger partial charge in [0, 0.05) is 23.4 Å². The van der Waals surface area contributed by atoms with Crippen LogP contribution in [0.2, 0.25) is 0 Å². The zero-order valence-corrected chi connectivity index (χ0v) is 18.1. The van der Waals surface area contributed by atoms with Crippen LogP contribution in [0.25, 0.3) is 27.8 Å². The molecule has 5 aromatic rings. The minimum Gasteiger partial charge on any atom is -0.323 e. The lowest BCUT2D eigenvalue weighted by molar-refractivity contribution is 0.102. The molecule has 0 saturated carbocycles. The number of halogens is 3. The Bertz CT molecular complexity index is 1570. The molecule has 2 aromatic heterocycles. The number of carbonyl (C=O) groups is 1. The summed E-state index contributed by atoms with van der Waals surface area (Å²) in [4.78, 5) is 13.7. The second kappa shape index (κ2) is 7.80. The van der Waals surface area contributed by atoms with Crippen LogP contribution >= 0.6 is 0 Å². The van der Waals surface area contributed by atoms with Crippen LogP contribution in [0.5, 0.6) is 0 Å². The van der Waals surface area contributed by atoms with Gasteiger partial charge in [0.1, 0.15) is 22.7 Å². The molecule has 3 heterocycles. The smallest absolute Gasteiger partial charge is 0.273 e. The summed E-state index contributed by atoms with van der Waals surface area (Å²) in [5, 5.41) is 2.93. The summed E-state index contributed by atoms with van der Waals surface area (Å²) in [5.74, 6) is -2.60. The quantitative estimate of drug-likeness (QED) is 0.326. The molecule has 1 aliphatic rings. The standard InChI is InChI=1S/C27H20F3N3O/c28-17-11-9-16(10-12-17)22-19-8-4-5-15-32-24-21(14-13-20(29)23(24)30)33(27(19)32)25(22)26(34)31-18-6-2-1-3-7-18/h1-3,6-7,9-14H,4-5,8,15H2,(H,31,34). The van der Waals surface area contributed by atoms with E-state index in [9.17, 15) is 13.6 Å². The molecule has 4 nitrogen and oxygen atoms in total. The van der Waals surface area contributed by atoms with Crippen molar-refractivity contribution in [3.8, 4) is 11.1 Å². The largest absolute Gasteiger partial charge is 0.323 e. The number of hydrogen-bond donors (Lipinski definition) is 1. The Morgan fingerprint density at radius 2 is 1.65 bits per heavy atom. The summed E-state index contributed by atoms with van der Waals surface area (Å²) in [7, 11) is 0. The molecular weight excluding hydrogens is 439 g/mol. The number of fused-ring (bicyclic) bond motifs is 3. The molecule has 7 heteroatoms. The predicted octanol–water partition coefficient (Wildman–Crippen LogP) is 6.57. The fraction of sp³-hybridized carbons (Fsp3) is 0.148. The molecule has 0 atom stereocenters. The van der Waals surface area contributed by atoms with Crippen molar-refractivity contribution in [2.24, 2.45) is 0 Å². The number of rotatable bonds is 3. The molecule has 0 spiro atoms. The summed E-state index contributed by atoms with van der Waals surface area (Å²) in [5.41, 5.74) is 4.43. The maximum absolute atomic E-state index is 15.0. The van der Waals surface area contributed by atoms with Gasteiger partial charge in [-0.1, -0.05) is 30.3 Å². The van der Waals surface area contributed by atoms with Gasteiger partial charge in [0.05, 0.1) is 5.52 Å². The molecule has 0 unspecified atom stereocenters. The van der Waals surface area contributed by atoms with Crippen molar-refractivity contribution in [3.63, 3.8) is 0 Å². The van der Waals surface area contributed by atoms with Crippen LogP contribution in [-0.4, -0.2) is 14.9 Å². The Morgan fingerprint density at radius 3 is 2.41 bits per heavy atom. The minimum absolute atomic E-state index is 0.151. The Hall–Kier alpha value is -4.00. The van der Waals surface area contributed by atoms with Crippen molar-refractivity contribution in [3.05, 3.63) is 95.4 Å². The molecule has 1 N–H and O–H groups in total. The van der Waals surface area contributed by atoms with E-state index in [0.29, 0.717) is 46.6 Å². The molecule has 170 valence electrons. The highest BCUT2D eigenvalue weighted by Crippen LogP contribution is 2.41. The van der Waals surface area contributed by atoms with Crippen LogP contribution in [0.1, 0.15) is 28.9 Å². The molecule has 6 rings (SSSR count). The number of carbonyl (C=O) groups excluding carboxylic acids is 1. The maximum atomic E-state index is 15.0. The highest BCUT2D eigenvalue weighted by Gasteiger charge is 2.31. The van der Waals surface area contributed by atoms with Crippen LogP contribution in [0, 0.1) is 17.5 Å². The molecule has 0 bridgehead atoms. The fourth-order valence-corrected chi connectivity index (χ4v) is 5.08. The zero-order chi connectivity index (χ0) is 23.4. The van der Waals surface area contributed by atoms with E-state index < -0.39 is 11.6 Å². The first-order valence-electron chi connectivity index (χ1n) is 11.2. The highest BCUT2D eigenvalue weighted by molar-refractivity contribution is 6.11. The van der Waals surface area contributed by atoms with E-state index in [-0.39, 0.29) is 17.2 Å². The number of benzene rings is 3. The lowest BCUT2D eigenvalue weighted by Crippen LogP contribution is -2.15. The third-order valence-corrected chi connectivity index (χ3v) is 6.50. The Balaban J connectivity index is 1.72. The van der Waals surface area contributed by atoms with Crippen molar-refractivity contribution >= 4 is 28.3 Å². The molecule has 34 heavy (non-hydrogen) atoms. The van der Waals surface area contributed by atoms with Gasteiger partial charge >= 0.3 is 0 Å². The van der Waals surface area contributed by atoms with Crippen molar-refractivity contribution in [2.75, 3.05) is 5.32 Å². The maximum Gasteiger partial charge on any atom is 0.273 e. The van der Waals surface area contributed by atoms with E-state index in [1.807, 2.05) is 18.2 Å². The molecule has 3 aromatic carbocycles. The van der Waals surface area contributed by atoms with E-state index in [2.05, 4.69) is 5.32 Å². The Kier molecular flexibility index (Phi) is 4.72. The van der Waals surface area contributed by atoms with Gasteiger partial charge in [-0.05, 0) is 61.2 Å². The lowest BCUT2D eigenvalue weighted by Gasteiger charge is -2.10. The normalized spacial score (nSPS) is 13.4. The molecule has 1 aliphatic heterocycles. The van der Waals surface area contributed by atoms with Crippen molar-refractivity contribution < 1.29 is 18.0 Å². The van der Waals surface area contributed by atoms with Crippen LogP contribution in [-0.2, 0) is 13.0 Å². The second-order valence-corrected chi connectivity index (χ2v) is 8.53. The number of aromatic nitrogens is 2. The number of nitrogens with one attached hydrogen (secondary N) is 1. The summed E-state index contributed by atoms with van der Waals surface area (Å²) >= 11 is 0. The van der Waals surface area contributed by atoms with Crippen LogP contribution in [0.15, 0.2) is 66.7 Å². The van der Waals surface area contributed by atoms with Gasteiger partial charge in [-0.3, -0.25) is 9.20 Å². The molecule has 0 fully saturated rings. The van der Waals surface area contributed by atoms with E-state index in [0.717, 1.165) is 24.5 Å². The van der Waals surface area contributed by atoms with Crippen LogP contribution in [0.4, 0.5) is 18.9 Å². The molecule has 0 radical (unpaired) electrons. The van der Waals surface area contributed by atoms with Gasteiger partial charge in [-0.2, -0.15) is 0 Å². The minimum atomic E-state index is -0.927. The number of amides is 1. The zero-order valence-electron chi connectivity index (χ0n) is 18.1. The summed E-state index contributed by atoms with van der Waals surface area (Å²) in [6.07, 6.45) is 2.28. The van der Waals surface area contributed by atoms with E-state index in [1.165, 1.54) is 18.2 Å². The number of anilines is 1. The van der Waals surface area contributed by atoms with Gasteiger partial charge in [-0.15, -0.1) is 0 Å². The third kappa shape index (κ3) is 3.04. The van der Waals surface area contributed by atoms with Crippen molar-refractivity contribution in [1.29, 1.82) is 0 Å². The molecule has 1 amide bonds. The number of imidazole rings is 1. The number of nitrogens with zero attached hydrogens (tertiary/aromatic N) is 2. The average Bonchev–Trinajstić information content (AvgIpc) is 3.24. The summed E-state index contributed by atoms with van der Waals surface area (Å²) in [6, 6.07) is 17.7. The van der Waals surface area contributed by atoms with E-state index in [4.69, 9.17) is 0 Å². The molecule has 0 aliphatic carbocycles. The molecular formula is C27H20F3N3O. The Morgan fingerprint density at radius 1 is 0.882 bits per heavy atom. The molecule has 0 saturated heterocycles. The topological polar surface area (TPSA) is 38.4 Å². The summed E-state index contributed by atoms with van der Waals surface area (Å²) < 4.78 is 46.5. The highest BCUT2D eigenvalue weighted by atomic mass is 19.2. The van der Waals surface area contributed by atoms with Gasteiger partial charge in [-0.25, -0.2) is 13.2 Å². The predicted molar refractivity (Wildman–Crippen MR) is 126 cm³/mol. The van der Waals surface area contributed by atoms with E-state index >= 15 is 4.39 Å². The first-order chi connectivity index (χ1) is 16.5. The van der Waals surface area contributed by atoms with Crippen LogP contribution in [0.3, 0.4) is 0 Å². The van der Waals surface area contributed by atoms with Crippen molar-refractivity contribution in [2.45, 2.75) is 25.8 Å². The number of hydrogen-bond acceptors (Lipinski definition) is 1. The van der Waals surface area contributed by atoms with E-state index in [1.54, 1.807) is 33.2 Å². The SMILES string of the molecule is O=C(Nc1ccccc1)c1c(-c2ccc(F)cc2)c2c3n(c4c(F)c(F)ccc4n13)CCCC2. The monoisotopic (exact) mass is 459 g/mol. The fourth-order valence-electron chi connectivity index (χ4n) is 5.08. The number of para-hydroxylation sites is 1. The van der Waals surface area contributed by atoms with Gasteiger partial charge in [0.2, 0.25) is 0 Å². The van der Waals surface area contributed by atoms with Gasteiger partial charge in [0.25, 0.3) is 5.91 Å². The first kappa shape index (κ1) is 20.6. The second-order valence-electron chi connectivity index (χ2n) is 8.53. The van der Waals surface area contributed by atoms with Gasteiger partial charge in [0.15, 0.2) is 11.6 Å². The van der Waals surface area contributed by atoms with Crippen molar-refractivity contribution in [1.82, 2.24) is 8.97 Å². The Labute approximate surface area is 193 Å². The van der Waals surface area contributed by atoms with Gasteiger partial charge < -0.3 is 9.88 Å². The average molecular weight is 459 g/mol. The first-order valence-corrected chi connectivity index (χ1v) is 11.2. The summed E-state index contributed by atoms with van der Waals surface area (Å²) in [6.45, 7) is 0.507. The third-order valence-electron chi connectivity index (χ3n) is 6.50. The lowest BCUT2D eigenvalue weighted by atomic mass is 9.97.